The van der Waals surface area contributed by atoms with Gasteiger partial charge in [-0.2, -0.15) is 0 Å². The number of carboxylic acids is 1. The molecule has 2 aromatic carbocycles. The van der Waals surface area contributed by atoms with Gasteiger partial charge in [-0.3, -0.25) is 4.79 Å². The number of rotatable bonds is 8. The molecule has 6 nitrogen and oxygen atoms in total. The lowest BCUT2D eigenvalue weighted by Gasteiger charge is -2.13. The summed E-state index contributed by atoms with van der Waals surface area (Å²) in [5.74, 6) is -1.14. The number of nitrogens with zero attached hydrogens (tertiary/aromatic N) is 1. The van der Waals surface area contributed by atoms with E-state index in [0.717, 1.165) is 5.39 Å². The van der Waals surface area contributed by atoms with Crippen molar-refractivity contribution in [1.29, 1.82) is 0 Å². The van der Waals surface area contributed by atoms with Gasteiger partial charge in [-0.1, -0.05) is 44.2 Å². The number of benzene rings is 2. The Balaban J connectivity index is 2.05. The molecule has 0 saturated heterocycles. The third kappa shape index (κ3) is 4.84. The van der Waals surface area contributed by atoms with Crippen LogP contribution in [-0.2, 0) is 9.59 Å². The number of Topliss-reactive ketones (excluding diaryl/α,β-unsaturated/α-hetero) is 1. The smallest absolute Gasteiger partial charge is 0.377 e. The Labute approximate surface area is 174 Å². The van der Waals surface area contributed by atoms with Gasteiger partial charge in [0.25, 0.3) is 5.78 Å². The summed E-state index contributed by atoms with van der Waals surface area (Å²) in [6.45, 7) is 4.63. The van der Waals surface area contributed by atoms with E-state index in [1.54, 1.807) is 24.3 Å². The second kappa shape index (κ2) is 9.22. The Morgan fingerprint density at radius 2 is 1.83 bits per heavy atom. The van der Waals surface area contributed by atoms with E-state index in [1.165, 1.54) is 13.2 Å². The van der Waals surface area contributed by atoms with Crippen LogP contribution in [0.15, 0.2) is 54.6 Å². The minimum absolute atomic E-state index is 0.00819. The summed E-state index contributed by atoms with van der Waals surface area (Å²) in [6, 6.07) is 16.1. The van der Waals surface area contributed by atoms with Crippen LogP contribution in [0.25, 0.3) is 22.6 Å². The fourth-order valence-corrected chi connectivity index (χ4v) is 2.90. The molecule has 154 valence electrons. The Hall–Kier alpha value is -3.67. The molecule has 0 saturated carbocycles. The molecule has 3 aromatic rings. The van der Waals surface area contributed by atoms with Crippen LogP contribution in [0.2, 0.25) is 0 Å². The van der Waals surface area contributed by atoms with Crippen molar-refractivity contribution in [2.24, 2.45) is 5.92 Å². The number of hydrogen-bond donors (Lipinski definition) is 1. The van der Waals surface area contributed by atoms with Crippen molar-refractivity contribution < 1.29 is 24.2 Å². The first-order chi connectivity index (χ1) is 14.4. The molecule has 1 N–H and O–H groups in total. The van der Waals surface area contributed by atoms with Crippen LogP contribution < -0.4 is 9.47 Å². The van der Waals surface area contributed by atoms with Gasteiger partial charge in [-0.15, -0.1) is 0 Å². The summed E-state index contributed by atoms with van der Waals surface area (Å²) in [4.78, 5) is 28.3. The van der Waals surface area contributed by atoms with Crippen LogP contribution in [-0.4, -0.2) is 35.6 Å². The zero-order valence-corrected chi connectivity index (χ0v) is 17.1. The third-order valence-corrected chi connectivity index (χ3v) is 4.38. The van der Waals surface area contributed by atoms with Crippen LogP contribution in [0.1, 0.15) is 25.1 Å². The second-order valence-electron chi connectivity index (χ2n) is 7.20. The Kier molecular flexibility index (Phi) is 6.47. The molecule has 0 fully saturated rings. The molecule has 0 amide bonds. The molecular weight excluding hydrogens is 382 g/mol. The second-order valence-corrected chi connectivity index (χ2v) is 7.20. The fourth-order valence-electron chi connectivity index (χ4n) is 2.90. The number of aliphatic carboxylic acids is 1. The maximum Gasteiger partial charge on any atom is 0.377 e. The summed E-state index contributed by atoms with van der Waals surface area (Å²) >= 11 is 0. The molecule has 0 unspecified atom stereocenters. The first-order valence-corrected chi connectivity index (χ1v) is 9.55. The van der Waals surface area contributed by atoms with E-state index >= 15 is 0 Å². The van der Waals surface area contributed by atoms with Crippen LogP contribution in [0, 0.1) is 5.92 Å². The molecule has 0 aliphatic rings. The van der Waals surface area contributed by atoms with Gasteiger partial charge in [0, 0.05) is 5.39 Å². The van der Waals surface area contributed by atoms with E-state index in [-0.39, 0.29) is 5.57 Å². The number of ketones is 1. The van der Waals surface area contributed by atoms with Crippen molar-refractivity contribution in [3.63, 3.8) is 0 Å². The van der Waals surface area contributed by atoms with Crippen molar-refractivity contribution in [2.75, 3.05) is 13.7 Å². The molecule has 30 heavy (non-hydrogen) atoms. The highest BCUT2D eigenvalue weighted by Crippen LogP contribution is 2.30. The highest BCUT2D eigenvalue weighted by molar-refractivity contribution is 6.52. The van der Waals surface area contributed by atoms with Crippen LogP contribution >= 0.6 is 0 Å². The first kappa shape index (κ1) is 21.0. The molecule has 0 spiro atoms. The lowest BCUT2D eigenvalue weighted by molar-refractivity contribution is -0.146. The van der Waals surface area contributed by atoms with Crippen LogP contribution in [0.4, 0.5) is 0 Å². The molecular formula is C24H23NO5. The van der Waals surface area contributed by atoms with Crippen molar-refractivity contribution in [3.05, 3.63) is 65.9 Å². The minimum atomic E-state index is -1.54. The zero-order valence-electron chi connectivity index (χ0n) is 17.1. The number of methoxy groups -OCH3 is 1. The van der Waals surface area contributed by atoms with E-state index in [4.69, 9.17) is 9.47 Å². The SMILES string of the molecule is COc1cc(/C=C(/C(=O)C(=O)O)c2ccc3ccccc3n2)ccc1OCC(C)C. The topological polar surface area (TPSA) is 85.7 Å². The number of carboxylic acid groups (broad SMARTS) is 1. The maximum absolute atomic E-state index is 12.4. The average molecular weight is 405 g/mol. The lowest BCUT2D eigenvalue weighted by atomic mass is 10.0. The normalized spacial score (nSPS) is 11.5. The fraction of sp³-hybridized carbons (Fsp3) is 0.208. The number of ether oxygens (including phenoxy) is 2. The van der Waals surface area contributed by atoms with E-state index in [1.807, 2.05) is 44.2 Å². The van der Waals surface area contributed by atoms with Crippen LogP contribution in [0.5, 0.6) is 11.5 Å². The zero-order chi connectivity index (χ0) is 21.7. The molecule has 0 atom stereocenters. The summed E-state index contributed by atoms with van der Waals surface area (Å²) in [6.07, 6.45) is 1.50. The van der Waals surface area contributed by atoms with Crippen molar-refractivity contribution in [2.45, 2.75) is 13.8 Å². The quantitative estimate of drug-likeness (QED) is 0.440. The van der Waals surface area contributed by atoms with E-state index in [9.17, 15) is 14.7 Å². The molecule has 3 rings (SSSR count). The van der Waals surface area contributed by atoms with Gasteiger partial charge < -0.3 is 14.6 Å². The molecule has 0 aliphatic heterocycles. The highest BCUT2D eigenvalue weighted by Gasteiger charge is 2.21. The van der Waals surface area contributed by atoms with Gasteiger partial charge in [-0.05, 0) is 41.8 Å². The third-order valence-electron chi connectivity index (χ3n) is 4.38. The van der Waals surface area contributed by atoms with E-state index in [2.05, 4.69) is 4.98 Å². The van der Waals surface area contributed by atoms with E-state index < -0.39 is 11.8 Å². The van der Waals surface area contributed by atoms with Gasteiger partial charge >= 0.3 is 5.97 Å². The highest BCUT2D eigenvalue weighted by atomic mass is 16.5. The number of pyridine rings is 1. The number of hydrogen-bond acceptors (Lipinski definition) is 5. The minimum Gasteiger partial charge on any atom is -0.493 e. The number of carbonyl (C=O) groups excluding carboxylic acids is 1. The summed E-state index contributed by atoms with van der Waals surface area (Å²) in [5, 5.41) is 10.2. The molecule has 0 radical (unpaired) electrons. The Morgan fingerprint density at radius 1 is 1.07 bits per heavy atom. The number of carbonyl (C=O) groups is 2. The number of fused-ring (bicyclic) bond motifs is 1. The molecule has 6 heteroatoms. The number of para-hydroxylation sites is 1. The molecule has 1 heterocycles. The monoisotopic (exact) mass is 405 g/mol. The Morgan fingerprint density at radius 3 is 2.53 bits per heavy atom. The van der Waals surface area contributed by atoms with Gasteiger partial charge in [0.2, 0.25) is 0 Å². The standard InChI is InChI=1S/C24H23NO5/c1-15(2)14-30-21-11-8-16(13-22(21)29-3)12-18(23(26)24(27)28)20-10-9-17-6-4-5-7-19(17)25-20/h4-13,15H,14H2,1-3H3,(H,27,28)/b18-12+. The van der Waals surface area contributed by atoms with Gasteiger partial charge in [0.05, 0.1) is 30.5 Å². The van der Waals surface area contributed by atoms with Gasteiger partial charge in [-0.25, -0.2) is 9.78 Å². The molecule has 0 aliphatic carbocycles. The lowest BCUT2D eigenvalue weighted by Crippen LogP contribution is -2.15. The summed E-state index contributed by atoms with van der Waals surface area (Å²) in [7, 11) is 1.53. The molecule has 0 bridgehead atoms. The van der Waals surface area contributed by atoms with Gasteiger partial charge in [0.15, 0.2) is 11.5 Å². The van der Waals surface area contributed by atoms with E-state index in [0.29, 0.717) is 40.8 Å². The summed E-state index contributed by atoms with van der Waals surface area (Å²) in [5.41, 5.74) is 1.56. The first-order valence-electron chi connectivity index (χ1n) is 9.55. The van der Waals surface area contributed by atoms with Crippen molar-refractivity contribution in [1.82, 2.24) is 4.98 Å². The largest absolute Gasteiger partial charge is 0.493 e. The predicted octanol–water partition coefficient (Wildman–Crippen LogP) is 4.47. The van der Waals surface area contributed by atoms with Crippen LogP contribution in [0.3, 0.4) is 0 Å². The number of aromatic nitrogens is 1. The predicted molar refractivity (Wildman–Crippen MR) is 116 cm³/mol. The van der Waals surface area contributed by atoms with Gasteiger partial charge in [0.1, 0.15) is 0 Å². The average Bonchev–Trinajstić information content (AvgIpc) is 2.75. The van der Waals surface area contributed by atoms with Crippen molar-refractivity contribution in [3.8, 4) is 11.5 Å². The Bertz CT molecular complexity index is 1120. The van der Waals surface area contributed by atoms with Crippen molar-refractivity contribution >= 4 is 34.3 Å². The maximum atomic E-state index is 12.4. The summed E-state index contributed by atoms with van der Waals surface area (Å²) < 4.78 is 11.1. The molecule has 1 aromatic heterocycles.